The van der Waals surface area contributed by atoms with Crippen LogP contribution in [0.1, 0.15) is 46.0 Å². The molecule has 0 bridgehead atoms. The van der Waals surface area contributed by atoms with Gasteiger partial charge < -0.3 is 24.3 Å². The monoisotopic (exact) mass is 349 g/mol. The minimum atomic E-state index is -0.622. The van der Waals surface area contributed by atoms with Crippen LogP contribution in [0.5, 0.6) is 11.7 Å². The quantitative estimate of drug-likeness (QED) is 0.563. The van der Waals surface area contributed by atoms with E-state index in [0.29, 0.717) is 17.5 Å². The van der Waals surface area contributed by atoms with Crippen molar-refractivity contribution in [2.45, 2.75) is 52.1 Å². The topological polar surface area (TPSA) is 66.1 Å². The Balaban J connectivity index is 1.76. The van der Waals surface area contributed by atoms with E-state index >= 15 is 0 Å². The van der Waals surface area contributed by atoms with Gasteiger partial charge in [0.1, 0.15) is 18.3 Å². The van der Waals surface area contributed by atoms with E-state index in [9.17, 15) is 10.2 Å². The molecule has 0 radical (unpaired) electrons. The maximum absolute atomic E-state index is 10.2. The number of likely N-dealkylation sites (N-methyl/N-ethyl adjacent to an activating group) is 1. The van der Waals surface area contributed by atoms with E-state index in [0.717, 1.165) is 19.5 Å². The van der Waals surface area contributed by atoms with Gasteiger partial charge in [-0.05, 0) is 31.6 Å². The Hall–Kier alpha value is -1.72. The highest BCUT2D eigenvalue weighted by atomic mass is 16.6. The van der Waals surface area contributed by atoms with Crippen molar-refractivity contribution in [2.24, 2.45) is 0 Å². The van der Waals surface area contributed by atoms with Crippen LogP contribution in [0.15, 0.2) is 28.7 Å². The highest BCUT2D eigenvalue weighted by molar-refractivity contribution is 5.86. The maximum Gasteiger partial charge on any atom is 0.329 e. The summed E-state index contributed by atoms with van der Waals surface area (Å²) in [5.41, 5.74) is 0.576. The third-order valence-electron chi connectivity index (χ3n) is 4.44. The first-order chi connectivity index (χ1) is 12.2. The second kappa shape index (κ2) is 10.3. The van der Waals surface area contributed by atoms with Crippen molar-refractivity contribution >= 4 is 11.0 Å². The molecule has 1 heterocycles. The van der Waals surface area contributed by atoms with E-state index in [-0.39, 0.29) is 18.3 Å². The lowest BCUT2D eigenvalue weighted by molar-refractivity contribution is 0.0593. The van der Waals surface area contributed by atoms with Crippen LogP contribution in [0.25, 0.3) is 11.0 Å². The summed E-state index contributed by atoms with van der Waals surface area (Å²) in [6.07, 6.45) is 5.61. The number of hydrogen-bond donors (Lipinski definition) is 2. The number of hydrogen-bond acceptors (Lipinski definition) is 5. The molecule has 5 nitrogen and oxygen atoms in total. The molecule has 2 rings (SSSR count). The summed E-state index contributed by atoms with van der Waals surface area (Å²) in [6, 6.07) is 7.21. The Morgan fingerprint density at radius 1 is 1.12 bits per heavy atom. The standard InChI is InChI=1S/C20H31NO4/c1-3-5-6-7-10-13-21(4-2)14-16(22)15-24-20-19(23)17-11-8-9-12-18(17)25-20/h8-9,11-12,16,22-23H,3-7,10,13-15H2,1-2H3. The summed E-state index contributed by atoms with van der Waals surface area (Å²) in [4.78, 5) is 2.23. The van der Waals surface area contributed by atoms with Crippen molar-refractivity contribution < 1.29 is 19.4 Å². The number of para-hydroxylation sites is 1. The second-order valence-corrected chi connectivity index (χ2v) is 6.51. The Morgan fingerprint density at radius 2 is 1.88 bits per heavy atom. The lowest BCUT2D eigenvalue weighted by Gasteiger charge is -2.23. The minimum absolute atomic E-state index is 0.00827. The Bertz CT molecular complexity index is 625. The first-order valence-electron chi connectivity index (χ1n) is 9.39. The van der Waals surface area contributed by atoms with Gasteiger partial charge in [-0.1, -0.05) is 51.7 Å². The van der Waals surface area contributed by atoms with Crippen LogP contribution >= 0.6 is 0 Å². The van der Waals surface area contributed by atoms with Gasteiger partial charge in [-0.25, -0.2) is 0 Å². The molecule has 0 aliphatic heterocycles. The Kier molecular flexibility index (Phi) is 8.09. The molecule has 0 aliphatic carbocycles. The normalized spacial score (nSPS) is 12.8. The number of aliphatic hydroxyl groups is 1. The van der Waals surface area contributed by atoms with Gasteiger partial charge >= 0.3 is 5.95 Å². The number of aliphatic hydroxyl groups excluding tert-OH is 1. The highest BCUT2D eigenvalue weighted by Gasteiger charge is 2.17. The molecule has 1 aromatic heterocycles. The number of ether oxygens (including phenoxy) is 1. The lowest BCUT2D eigenvalue weighted by Crippen LogP contribution is -2.36. The fourth-order valence-electron chi connectivity index (χ4n) is 2.95. The van der Waals surface area contributed by atoms with E-state index < -0.39 is 6.10 Å². The number of furan rings is 1. The second-order valence-electron chi connectivity index (χ2n) is 6.51. The molecular weight excluding hydrogens is 318 g/mol. The SMILES string of the molecule is CCCCCCCN(CC)CC(O)COc1oc2ccccc2c1O. The molecular formula is C20H31NO4. The molecule has 0 fully saturated rings. The third-order valence-corrected chi connectivity index (χ3v) is 4.44. The first kappa shape index (κ1) is 19.6. The van der Waals surface area contributed by atoms with Gasteiger partial charge in [0.2, 0.25) is 5.75 Å². The van der Waals surface area contributed by atoms with Gasteiger partial charge in [0, 0.05) is 6.54 Å². The summed E-state index contributed by atoms with van der Waals surface area (Å²) in [6.45, 7) is 6.87. The van der Waals surface area contributed by atoms with Gasteiger partial charge in [-0.3, -0.25) is 0 Å². The minimum Gasteiger partial charge on any atom is -0.501 e. The van der Waals surface area contributed by atoms with Crippen LogP contribution in [0.4, 0.5) is 0 Å². The highest BCUT2D eigenvalue weighted by Crippen LogP contribution is 2.37. The first-order valence-corrected chi connectivity index (χ1v) is 9.39. The van der Waals surface area contributed by atoms with E-state index in [1.807, 2.05) is 12.1 Å². The summed E-state index contributed by atoms with van der Waals surface area (Å²) in [7, 11) is 0. The van der Waals surface area contributed by atoms with E-state index in [2.05, 4.69) is 18.7 Å². The van der Waals surface area contributed by atoms with Crippen molar-refractivity contribution in [1.29, 1.82) is 0 Å². The van der Waals surface area contributed by atoms with Crippen LogP contribution in [-0.2, 0) is 0 Å². The zero-order valence-electron chi connectivity index (χ0n) is 15.4. The number of benzene rings is 1. The Labute approximate surface area is 150 Å². The zero-order chi connectivity index (χ0) is 18.1. The number of unbranched alkanes of at least 4 members (excludes halogenated alkanes) is 4. The fourth-order valence-corrected chi connectivity index (χ4v) is 2.95. The van der Waals surface area contributed by atoms with Crippen LogP contribution in [0.3, 0.4) is 0 Å². The average molecular weight is 349 g/mol. The molecule has 2 aromatic rings. The molecule has 0 saturated heterocycles. The van der Waals surface area contributed by atoms with Gasteiger partial charge in [0.15, 0.2) is 0 Å². The predicted octanol–water partition coefficient (Wildman–Crippen LogP) is 4.17. The molecule has 0 aliphatic rings. The zero-order valence-corrected chi connectivity index (χ0v) is 15.4. The van der Waals surface area contributed by atoms with E-state index in [1.165, 1.54) is 25.7 Å². The number of fused-ring (bicyclic) bond motifs is 1. The fraction of sp³-hybridized carbons (Fsp3) is 0.600. The van der Waals surface area contributed by atoms with E-state index in [4.69, 9.17) is 9.15 Å². The van der Waals surface area contributed by atoms with Crippen molar-refractivity contribution in [3.63, 3.8) is 0 Å². The lowest BCUT2D eigenvalue weighted by atomic mass is 10.1. The number of rotatable bonds is 12. The van der Waals surface area contributed by atoms with Gasteiger partial charge in [0.05, 0.1) is 5.39 Å². The van der Waals surface area contributed by atoms with Crippen molar-refractivity contribution in [3.8, 4) is 11.7 Å². The van der Waals surface area contributed by atoms with Gasteiger partial charge in [-0.2, -0.15) is 0 Å². The molecule has 1 aromatic carbocycles. The summed E-state index contributed by atoms with van der Waals surface area (Å²) in [5.74, 6) is 0.0638. The molecule has 1 atom stereocenters. The third kappa shape index (κ3) is 5.94. The van der Waals surface area contributed by atoms with Gasteiger partial charge in [-0.15, -0.1) is 0 Å². The summed E-state index contributed by atoms with van der Waals surface area (Å²) < 4.78 is 11.0. The van der Waals surface area contributed by atoms with Crippen LogP contribution in [-0.4, -0.2) is 47.5 Å². The van der Waals surface area contributed by atoms with Crippen LogP contribution in [0.2, 0.25) is 0 Å². The predicted molar refractivity (Wildman–Crippen MR) is 100 cm³/mol. The van der Waals surface area contributed by atoms with Crippen LogP contribution < -0.4 is 4.74 Å². The van der Waals surface area contributed by atoms with Gasteiger partial charge in [0.25, 0.3) is 0 Å². The molecule has 2 N–H and O–H groups in total. The average Bonchev–Trinajstić information content (AvgIpc) is 2.95. The molecule has 1 unspecified atom stereocenters. The van der Waals surface area contributed by atoms with Crippen molar-refractivity contribution in [1.82, 2.24) is 4.90 Å². The number of aromatic hydroxyl groups is 1. The molecule has 0 amide bonds. The summed E-state index contributed by atoms with van der Waals surface area (Å²) >= 11 is 0. The largest absolute Gasteiger partial charge is 0.501 e. The van der Waals surface area contributed by atoms with Crippen molar-refractivity contribution in [3.05, 3.63) is 24.3 Å². The molecule has 140 valence electrons. The van der Waals surface area contributed by atoms with Crippen LogP contribution in [0, 0.1) is 0 Å². The maximum atomic E-state index is 10.2. The smallest absolute Gasteiger partial charge is 0.329 e. The van der Waals surface area contributed by atoms with E-state index in [1.54, 1.807) is 12.1 Å². The molecule has 5 heteroatoms. The molecule has 0 saturated carbocycles. The number of nitrogens with zero attached hydrogens (tertiary/aromatic N) is 1. The van der Waals surface area contributed by atoms with Crippen molar-refractivity contribution in [2.75, 3.05) is 26.2 Å². The summed E-state index contributed by atoms with van der Waals surface area (Å²) in [5, 5.41) is 21.0. The molecule has 25 heavy (non-hydrogen) atoms. The molecule has 0 spiro atoms. The Morgan fingerprint density at radius 3 is 2.60 bits per heavy atom.